The lowest BCUT2D eigenvalue weighted by Gasteiger charge is -2.06. The van der Waals surface area contributed by atoms with Crippen LogP contribution in [0.3, 0.4) is 0 Å². The van der Waals surface area contributed by atoms with Gasteiger partial charge in [-0.15, -0.1) is 0 Å². The van der Waals surface area contributed by atoms with Crippen molar-refractivity contribution in [3.63, 3.8) is 0 Å². The summed E-state index contributed by atoms with van der Waals surface area (Å²) in [5.74, 6) is 0. The van der Waals surface area contributed by atoms with E-state index in [1.54, 1.807) is 4.68 Å². The van der Waals surface area contributed by atoms with Gasteiger partial charge >= 0.3 is 0 Å². The van der Waals surface area contributed by atoms with Crippen molar-refractivity contribution in [3.8, 4) is 0 Å². The number of aryl methyl sites for hydroxylation is 1. The van der Waals surface area contributed by atoms with Gasteiger partial charge in [-0.3, -0.25) is 0 Å². The zero-order chi connectivity index (χ0) is 10.7. The molecule has 0 atom stereocenters. The summed E-state index contributed by atoms with van der Waals surface area (Å²) >= 11 is 5.21. The van der Waals surface area contributed by atoms with E-state index in [0.29, 0.717) is 5.11 Å². The number of anilines is 1. The number of rotatable bonds is 1. The Balaban J connectivity index is 2.11. The third-order valence-electron chi connectivity index (χ3n) is 1.96. The quantitative estimate of drug-likeness (QED) is 0.744. The molecule has 15 heavy (non-hydrogen) atoms. The van der Waals surface area contributed by atoms with Crippen LogP contribution in [0.15, 0.2) is 42.6 Å². The summed E-state index contributed by atoms with van der Waals surface area (Å²) < 4.78 is 1.65. The first-order valence-corrected chi connectivity index (χ1v) is 5.05. The summed E-state index contributed by atoms with van der Waals surface area (Å²) in [6, 6.07) is 11.7. The van der Waals surface area contributed by atoms with Crippen LogP contribution in [0.4, 0.5) is 5.69 Å². The molecule has 0 saturated carbocycles. The minimum atomic E-state index is 0.578. The second-order valence-corrected chi connectivity index (χ2v) is 3.58. The van der Waals surface area contributed by atoms with Crippen molar-refractivity contribution in [1.29, 1.82) is 0 Å². The van der Waals surface area contributed by atoms with E-state index in [2.05, 4.69) is 10.4 Å². The molecule has 1 aromatic heterocycles. The first-order chi connectivity index (χ1) is 7.25. The smallest absolute Gasteiger partial charge is 0.198 e. The molecule has 0 radical (unpaired) electrons. The van der Waals surface area contributed by atoms with Crippen LogP contribution in [0.2, 0.25) is 0 Å². The van der Waals surface area contributed by atoms with Crippen LogP contribution in [0.5, 0.6) is 0 Å². The van der Waals surface area contributed by atoms with Crippen LogP contribution in [-0.4, -0.2) is 14.9 Å². The van der Waals surface area contributed by atoms with Crippen LogP contribution >= 0.6 is 12.2 Å². The number of thiocarbonyl (C=S) groups is 1. The monoisotopic (exact) mass is 217 g/mol. The van der Waals surface area contributed by atoms with Gasteiger partial charge in [0.1, 0.15) is 0 Å². The third kappa shape index (κ3) is 2.41. The van der Waals surface area contributed by atoms with E-state index in [4.69, 9.17) is 12.2 Å². The number of hydrogen-bond acceptors (Lipinski definition) is 2. The Morgan fingerprint density at radius 2 is 2.00 bits per heavy atom. The maximum Gasteiger partial charge on any atom is 0.198 e. The molecule has 0 saturated heterocycles. The molecule has 1 N–H and O–H groups in total. The van der Waals surface area contributed by atoms with Crippen molar-refractivity contribution in [2.24, 2.45) is 0 Å². The second-order valence-electron chi connectivity index (χ2n) is 3.20. The molecule has 76 valence electrons. The normalized spacial score (nSPS) is 9.93. The second kappa shape index (κ2) is 4.23. The minimum Gasteiger partial charge on any atom is -0.331 e. The molecule has 4 heteroatoms. The van der Waals surface area contributed by atoms with Crippen molar-refractivity contribution in [3.05, 3.63) is 48.3 Å². The van der Waals surface area contributed by atoms with E-state index in [-0.39, 0.29) is 0 Å². The number of nitrogens with one attached hydrogen (secondary N) is 1. The van der Waals surface area contributed by atoms with Crippen LogP contribution in [0.1, 0.15) is 5.69 Å². The van der Waals surface area contributed by atoms with Crippen molar-refractivity contribution >= 4 is 23.0 Å². The molecule has 0 aliphatic rings. The highest BCUT2D eigenvalue weighted by molar-refractivity contribution is 7.80. The third-order valence-corrected chi connectivity index (χ3v) is 2.24. The van der Waals surface area contributed by atoms with E-state index in [9.17, 15) is 0 Å². The summed E-state index contributed by atoms with van der Waals surface area (Å²) in [4.78, 5) is 0. The molecular weight excluding hydrogens is 206 g/mol. The highest BCUT2D eigenvalue weighted by atomic mass is 32.1. The van der Waals surface area contributed by atoms with Gasteiger partial charge < -0.3 is 5.32 Å². The standard InChI is InChI=1S/C11H11N3S/c1-9-7-8-14(13-9)11(15)12-10-5-3-2-4-6-10/h2-8H,1H3,(H,12,15). The fraction of sp³-hybridized carbons (Fsp3) is 0.0909. The Morgan fingerprint density at radius 3 is 2.60 bits per heavy atom. The summed E-state index contributed by atoms with van der Waals surface area (Å²) in [5.41, 5.74) is 1.92. The van der Waals surface area contributed by atoms with Gasteiger partial charge in [0, 0.05) is 11.9 Å². The minimum absolute atomic E-state index is 0.578. The summed E-state index contributed by atoms with van der Waals surface area (Å²) in [7, 11) is 0. The van der Waals surface area contributed by atoms with E-state index < -0.39 is 0 Å². The van der Waals surface area contributed by atoms with Gasteiger partial charge in [-0.2, -0.15) is 5.10 Å². The molecule has 2 aromatic rings. The van der Waals surface area contributed by atoms with Crippen molar-refractivity contribution in [2.45, 2.75) is 6.92 Å². The molecule has 0 unspecified atom stereocenters. The van der Waals surface area contributed by atoms with Crippen molar-refractivity contribution < 1.29 is 0 Å². The first-order valence-electron chi connectivity index (χ1n) is 4.64. The largest absolute Gasteiger partial charge is 0.331 e. The molecule has 3 nitrogen and oxygen atoms in total. The molecular formula is C11H11N3S. The summed E-state index contributed by atoms with van der Waals surface area (Å²) in [5, 5.41) is 7.90. The van der Waals surface area contributed by atoms with Gasteiger partial charge in [-0.1, -0.05) is 18.2 Å². The Labute approximate surface area is 93.7 Å². The Bertz CT molecular complexity index is 462. The lowest BCUT2D eigenvalue weighted by atomic mass is 10.3. The van der Waals surface area contributed by atoms with Gasteiger partial charge in [-0.25, -0.2) is 4.68 Å². The van der Waals surface area contributed by atoms with Crippen molar-refractivity contribution in [1.82, 2.24) is 9.78 Å². The number of benzene rings is 1. The fourth-order valence-corrected chi connectivity index (χ4v) is 1.45. The Morgan fingerprint density at radius 1 is 1.27 bits per heavy atom. The predicted molar refractivity (Wildman–Crippen MR) is 65.0 cm³/mol. The predicted octanol–water partition coefficient (Wildman–Crippen LogP) is 2.44. The molecule has 0 spiro atoms. The lowest BCUT2D eigenvalue weighted by molar-refractivity contribution is 0.923. The lowest BCUT2D eigenvalue weighted by Crippen LogP contribution is -2.19. The average molecular weight is 217 g/mol. The van der Waals surface area contributed by atoms with E-state index in [1.807, 2.05) is 49.5 Å². The maximum absolute atomic E-state index is 5.21. The highest BCUT2D eigenvalue weighted by Crippen LogP contribution is 2.05. The summed E-state index contributed by atoms with van der Waals surface area (Å²) in [6.45, 7) is 1.93. The van der Waals surface area contributed by atoms with Crippen LogP contribution < -0.4 is 5.32 Å². The number of aromatic nitrogens is 2. The number of hydrogen-bond donors (Lipinski definition) is 1. The molecule has 0 amide bonds. The zero-order valence-corrected chi connectivity index (χ0v) is 9.16. The van der Waals surface area contributed by atoms with E-state index in [0.717, 1.165) is 11.4 Å². The van der Waals surface area contributed by atoms with Gasteiger partial charge in [-0.05, 0) is 37.3 Å². The zero-order valence-electron chi connectivity index (χ0n) is 8.34. The molecule has 0 bridgehead atoms. The molecule has 0 fully saturated rings. The first kappa shape index (κ1) is 9.86. The molecule has 1 aromatic carbocycles. The molecule has 1 heterocycles. The van der Waals surface area contributed by atoms with Crippen molar-refractivity contribution in [2.75, 3.05) is 5.32 Å². The summed E-state index contributed by atoms with van der Waals surface area (Å²) in [6.07, 6.45) is 1.84. The topological polar surface area (TPSA) is 29.9 Å². The van der Waals surface area contributed by atoms with Crippen LogP contribution in [0.25, 0.3) is 0 Å². The molecule has 0 aliphatic carbocycles. The average Bonchev–Trinajstić information content (AvgIpc) is 2.66. The van der Waals surface area contributed by atoms with Gasteiger partial charge in [0.05, 0.1) is 5.69 Å². The van der Waals surface area contributed by atoms with Crippen LogP contribution in [0, 0.1) is 6.92 Å². The number of nitrogens with zero attached hydrogens (tertiary/aromatic N) is 2. The van der Waals surface area contributed by atoms with Gasteiger partial charge in [0.15, 0.2) is 5.11 Å². The SMILES string of the molecule is Cc1ccn(C(=S)Nc2ccccc2)n1. The molecule has 0 aliphatic heterocycles. The Hall–Kier alpha value is -1.68. The fourth-order valence-electron chi connectivity index (χ4n) is 1.23. The van der Waals surface area contributed by atoms with Crippen LogP contribution in [-0.2, 0) is 0 Å². The van der Waals surface area contributed by atoms with Gasteiger partial charge in [0.2, 0.25) is 0 Å². The maximum atomic E-state index is 5.21. The van der Waals surface area contributed by atoms with E-state index >= 15 is 0 Å². The highest BCUT2D eigenvalue weighted by Gasteiger charge is 2.00. The van der Waals surface area contributed by atoms with Gasteiger partial charge in [0.25, 0.3) is 0 Å². The number of para-hydroxylation sites is 1. The Kier molecular flexibility index (Phi) is 2.78. The van der Waals surface area contributed by atoms with E-state index in [1.165, 1.54) is 0 Å². The molecule has 2 rings (SSSR count).